The summed E-state index contributed by atoms with van der Waals surface area (Å²) in [6, 6.07) is 10.7. The monoisotopic (exact) mass is 405 g/mol. The molecular formula is C18H11F4N5S. The highest BCUT2D eigenvalue weighted by atomic mass is 32.2. The van der Waals surface area contributed by atoms with Gasteiger partial charge in [0, 0.05) is 5.75 Å². The number of aromatic nitrogens is 5. The van der Waals surface area contributed by atoms with E-state index < -0.39 is 11.7 Å². The maximum absolute atomic E-state index is 13.1. The summed E-state index contributed by atoms with van der Waals surface area (Å²) >= 11 is 1.32. The first-order chi connectivity index (χ1) is 13.4. The number of hydrogen-bond donors (Lipinski definition) is 0. The van der Waals surface area contributed by atoms with Gasteiger partial charge in [0.25, 0.3) is 0 Å². The quantitative estimate of drug-likeness (QED) is 0.281. The first-order valence-electron chi connectivity index (χ1n) is 8.03. The van der Waals surface area contributed by atoms with Crippen molar-refractivity contribution in [2.24, 2.45) is 0 Å². The lowest BCUT2D eigenvalue weighted by atomic mass is 10.1. The second kappa shape index (κ2) is 7.19. The van der Waals surface area contributed by atoms with Crippen LogP contribution in [-0.2, 0) is 11.9 Å². The van der Waals surface area contributed by atoms with E-state index in [-0.39, 0.29) is 5.82 Å². The third-order valence-corrected chi connectivity index (χ3v) is 4.98. The van der Waals surface area contributed by atoms with Gasteiger partial charge in [-0.2, -0.15) is 17.9 Å². The molecule has 0 unspecified atom stereocenters. The van der Waals surface area contributed by atoms with Crippen LogP contribution >= 0.6 is 11.8 Å². The van der Waals surface area contributed by atoms with E-state index in [2.05, 4.69) is 20.3 Å². The molecule has 4 aromatic rings. The number of hydrogen-bond acceptors (Lipinski definition) is 5. The lowest BCUT2D eigenvalue weighted by molar-refractivity contribution is -0.137. The average Bonchev–Trinajstić information content (AvgIpc) is 3.11. The first kappa shape index (κ1) is 18.4. The zero-order chi connectivity index (χ0) is 19.7. The fourth-order valence-electron chi connectivity index (χ4n) is 2.53. The van der Waals surface area contributed by atoms with Gasteiger partial charge in [-0.05, 0) is 42.0 Å². The minimum absolute atomic E-state index is 0.365. The number of halogens is 4. The van der Waals surface area contributed by atoms with Gasteiger partial charge in [0.2, 0.25) is 0 Å². The third-order valence-electron chi connectivity index (χ3n) is 3.93. The number of alkyl halides is 3. The lowest BCUT2D eigenvalue weighted by Gasteiger charge is -2.07. The summed E-state index contributed by atoms with van der Waals surface area (Å²) in [6.45, 7) is 0. The minimum atomic E-state index is -4.36. The van der Waals surface area contributed by atoms with Crippen molar-refractivity contribution in [3.05, 3.63) is 71.8 Å². The predicted octanol–water partition coefficient (Wildman–Crippen LogP) is 4.66. The average molecular weight is 405 g/mol. The van der Waals surface area contributed by atoms with Gasteiger partial charge in [0.1, 0.15) is 17.2 Å². The van der Waals surface area contributed by atoms with Crippen molar-refractivity contribution in [2.45, 2.75) is 17.0 Å². The zero-order valence-corrected chi connectivity index (χ0v) is 14.9. The Bertz CT molecular complexity index is 1110. The third kappa shape index (κ3) is 3.68. The Morgan fingerprint density at radius 2 is 1.64 bits per heavy atom. The van der Waals surface area contributed by atoms with Crippen LogP contribution in [0.25, 0.3) is 16.9 Å². The number of nitrogens with zero attached hydrogens (tertiary/aromatic N) is 5. The van der Waals surface area contributed by atoms with Gasteiger partial charge in [-0.3, -0.25) is 0 Å². The normalized spacial score (nSPS) is 11.9. The summed E-state index contributed by atoms with van der Waals surface area (Å²) in [7, 11) is 0. The standard InChI is InChI=1S/C18H11F4N5S/c19-13-5-7-14(8-6-13)27-16-15(25-26-27)17(24-10-23-16)28-9-11-1-3-12(4-2-11)18(20,21)22/h1-8,10H,9H2. The van der Waals surface area contributed by atoms with E-state index in [0.717, 1.165) is 17.7 Å². The van der Waals surface area contributed by atoms with Crippen LogP contribution in [0, 0.1) is 5.82 Å². The van der Waals surface area contributed by atoms with Crippen molar-refractivity contribution >= 4 is 22.9 Å². The SMILES string of the molecule is Fc1ccc(-n2nnc3c(SCc4ccc(C(F)(F)F)cc4)ncnc32)cc1. The van der Waals surface area contributed by atoms with Crippen LogP contribution in [0.3, 0.4) is 0 Å². The molecule has 0 saturated heterocycles. The summed E-state index contributed by atoms with van der Waals surface area (Å²) in [6.07, 6.45) is -3.00. The van der Waals surface area contributed by atoms with Gasteiger partial charge < -0.3 is 0 Å². The van der Waals surface area contributed by atoms with E-state index in [9.17, 15) is 17.6 Å². The molecule has 0 aliphatic heterocycles. The molecule has 0 aliphatic carbocycles. The van der Waals surface area contributed by atoms with Gasteiger partial charge >= 0.3 is 6.18 Å². The van der Waals surface area contributed by atoms with E-state index in [1.54, 1.807) is 12.1 Å². The molecule has 0 bridgehead atoms. The van der Waals surface area contributed by atoms with E-state index in [1.165, 1.54) is 47.0 Å². The van der Waals surface area contributed by atoms with E-state index in [1.807, 2.05) is 0 Å². The maximum atomic E-state index is 13.1. The Hall–Kier alpha value is -3.01. The second-order valence-electron chi connectivity index (χ2n) is 5.81. The molecule has 0 saturated carbocycles. The number of benzene rings is 2. The number of rotatable bonds is 4. The molecular weight excluding hydrogens is 394 g/mol. The lowest BCUT2D eigenvalue weighted by Crippen LogP contribution is -2.04. The molecule has 0 N–H and O–H groups in total. The second-order valence-corrected chi connectivity index (χ2v) is 6.78. The molecule has 0 aliphatic rings. The van der Waals surface area contributed by atoms with Crippen molar-refractivity contribution < 1.29 is 17.6 Å². The van der Waals surface area contributed by atoms with Crippen LogP contribution in [0.4, 0.5) is 17.6 Å². The minimum Gasteiger partial charge on any atom is -0.227 e. The number of fused-ring (bicyclic) bond motifs is 1. The highest BCUT2D eigenvalue weighted by Crippen LogP contribution is 2.31. The first-order valence-corrected chi connectivity index (χ1v) is 9.02. The van der Waals surface area contributed by atoms with Crippen molar-refractivity contribution in [2.75, 3.05) is 0 Å². The van der Waals surface area contributed by atoms with Crippen LogP contribution < -0.4 is 0 Å². The Morgan fingerprint density at radius 1 is 0.929 bits per heavy atom. The van der Waals surface area contributed by atoms with Crippen molar-refractivity contribution in [3.8, 4) is 5.69 Å². The van der Waals surface area contributed by atoms with Crippen molar-refractivity contribution in [1.29, 1.82) is 0 Å². The van der Waals surface area contributed by atoms with Crippen molar-refractivity contribution in [3.63, 3.8) is 0 Å². The molecule has 28 heavy (non-hydrogen) atoms. The Labute approximate surface area is 160 Å². The van der Waals surface area contributed by atoms with Crippen LogP contribution in [-0.4, -0.2) is 25.0 Å². The van der Waals surface area contributed by atoms with Gasteiger partial charge in [-0.15, -0.1) is 5.10 Å². The molecule has 10 heteroatoms. The molecule has 0 radical (unpaired) electrons. The molecule has 5 nitrogen and oxygen atoms in total. The molecule has 2 heterocycles. The molecule has 4 rings (SSSR count). The summed E-state index contributed by atoms with van der Waals surface area (Å²) in [5.41, 5.74) is 1.55. The molecule has 0 atom stereocenters. The van der Waals surface area contributed by atoms with Gasteiger partial charge in [-0.25, -0.2) is 14.4 Å². The summed E-state index contributed by atoms with van der Waals surface area (Å²) in [5, 5.41) is 8.71. The predicted molar refractivity (Wildman–Crippen MR) is 95.4 cm³/mol. The fourth-order valence-corrected chi connectivity index (χ4v) is 3.42. The molecule has 0 spiro atoms. The van der Waals surface area contributed by atoms with Crippen LogP contribution in [0.5, 0.6) is 0 Å². The molecule has 0 fully saturated rings. The van der Waals surface area contributed by atoms with Crippen molar-refractivity contribution in [1.82, 2.24) is 25.0 Å². The summed E-state index contributed by atoms with van der Waals surface area (Å²) in [4.78, 5) is 8.38. The Kier molecular flexibility index (Phi) is 4.71. The largest absolute Gasteiger partial charge is 0.416 e. The molecule has 142 valence electrons. The fraction of sp³-hybridized carbons (Fsp3) is 0.111. The summed E-state index contributed by atoms with van der Waals surface area (Å²) < 4.78 is 52.5. The van der Waals surface area contributed by atoms with E-state index in [4.69, 9.17) is 0 Å². The highest BCUT2D eigenvalue weighted by molar-refractivity contribution is 7.98. The Balaban J connectivity index is 1.57. The summed E-state index contributed by atoms with van der Waals surface area (Å²) in [5.74, 6) is 0.0452. The van der Waals surface area contributed by atoms with Crippen LogP contribution in [0.2, 0.25) is 0 Å². The maximum Gasteiger partial charge on any atom is 0.416 e. The van der Waals surface area contributed by atoms with Crippen LogP contribution in [0.15, 0.2) is 59.9 Å². The molecule has 2 aromatic heterocycles. The van der Waals surface area contributed by atoms with Gasteiger partial charge in [0.15, 0.2) is 11.2 Å². The van der Waals surface area contributed by atoms with E-state index >= 15 is 0 Å². The van der Waals surface area contributed by atoms with Crippen LogP contribution in [0.1, 0.15) is 11.1 Å². The topological polar surface area (TPSA) is 56.5 Å². The highest BCUT2D eigenvalue weighted by Gasteiger charge is 2.29. The molecule has 0 amide bonds. The van der Waals surface area contributed by atoms with E-state index in [0.29, 0.717) is 27.6 Å². The van der Waals surface area contributed by atoms with Gasteiger partial charge in [-0.1, -0.05) is 29.1 Å². The molecule has 2 aromatic carbocycles. The zero-order valence-electron chi connectivity index (χ0n) is 14.1. The Morgan fingerprint density at radius 3 is 2.32 bits per heavy atom. The smallest absolute Gasteiger partial charge is 0.227 e. The van der Waals surface area contributed by atoms with Gasteiger partial charge in [0.05, 0.1) is 11.3 Å². The number of thioether (sulfide) groups is 1.